The van der Waals surface area contributed by atoms with Crippen LogP contribution >= 0.6 is 0 Å². The average molecular weight is 432 g/mol. The Morgan fingerprint density at radius 1 is 0.833 bits per heavy atom. The number of alkyl halides is 4. The molecule has 2 aromatic heterocycles. The van der Waals surface area contributed by atoms with Crippen molar-refractivity contribution in [3.8, 4) is 0 Å². The molecule has 1 aliphatic carbocycles. The van der Waals surface area contributed by atoms with Crippen LogP contribution in [0.25, 0.3) is 0 Å². The summed E-state index contributed by atoms with van der Waals surface area (Å²) in [5, 5.41) is 18.4. The van der Waals surface area contributed by atoms with Gasteiger partial charge >= 0.3 is 11.8 Å². The van der Waals surface area contributed by atoms with Crippen LogP contribution in [0.1, 0.15) is 25.7 Å². The van der Waals surface area contributed by atoms with Crippen molar-refractivity contribution >= 4 is 11.8 Å². The Bertz CT molecular complexity index is 769. The van der Waals surface area contributed by atoms with Gasteiger partial charge in [-0.15, -0.1) is 10.2 Å². The molecule has 0 saturated heterocycles. The fraction of sp³-hybridized carbons (Fsp3) is 0.625. The van der Waals surface area contributed by atoms with Gasteiger partial charge in [-0.2, -0.15) is 17.6 Å². The highest BCUT2D eigenvalue weighted by molar-refractivity contribution is 5.84. The number of hydrogen-bond donors (Lipinski definition) is 2. The van der Waals surface area contributed by atoms with Gasteiger partial charge in [0.1, 0.15) is 0 Å². The minimum absolute atomic E-state index is 0.0930. The number of carbonyl (C=O) groups excluding carboxylic acids is 2. The molecular formula is C16H20F4N8O2. The van der Waals surface area contributed by atoms with Crippen LogP contribution in [0.5, 0.6) is 0 Å². The number of halogens is 4. The standard InChI is InChI=1S/C16H20F4N8O2/c17-15(18,1-5-27-7-3-21-25-27)13(29)23-11-9-12(10-11)24-14(30)16(19,20)2-6-28-8-4-22-26-28/h3-4,7-8,11-12H,1-2,5-6,9-10H2,(H,23,29)(H,24,30). The van der Waals surface area contributed by atoms with E-state index in [0.717, 1.165) is 0 Å². The van der Waals surface area contributed by atoms with Gasteiger partial charge in [-0.1, -0.05) is 10.4 Å². The summed E-state index contributed by atoms with van der Waals surface area (Å²) in [6.45, 7) is -0.374. The lowest BCUT2D eigenvalue weighted by atomic mass is 9.86. The first-order valence-electron chi connectivity index (χ1n) is 9.21. The lowest BCUT2D eigenvalue weighted by molar-refractivity contribution is -0.150. The van der Waals surface area contributed by atoms with Crippen molar-refractivity contribution in [2.75, 3.05) is 0 Å². The fourth-order valence-corrected chi connectivity index (χ4v) is 2.88. The molecule has 2 N–H and O–H groups in total. The van der Waals surface area contributed by atoms with Gasteiger partial charge in [0.25, 0.3) is 11.8 Å². The Balaban J connectivity index is 1.37. The number of aromatic nitrogens is 6. The molecule has 14 heteroatoms. The fourth-order valence-electron chi connectivity index (χ4n) is 2.88. The molecule has 2 aromatic rings. The third kappa shape index (κ3) is 5.51. The van der Waals surface area contributed by atoms with Gasteiger partial charge in [-0.3, -0.25) is 19.0 Å². The molecule has 10 nitrogen and oxygen atoms in total. The van der Waals surface area contributed by atoms with Crippen LogP contribution in [0.3, 0.4) is 0 Å². The summed E-state index contributed by atoms with van der Waals surface area (Å²) in [4.78, 5) is 23.6. The zero-order valence-electron chi connectivity index (χ0n) is 15.7. The Labute approximate surface area is 168 Å². The van der Waals surface area contributed by atoms with Gasteiger partial charge in [-0.25, -0.2) is 0 Å². The maximum atomic E-state index is 13.9. The average Bonchev–Trinajstić information content (AvgIpc) is 3.36. The van der Waals surface area contributed by atoms with Crippen molar-refractivity contribution in [3.63, 3.8) is 0 Å². The Hall–Kier alpha value is -3.06. The van der Waals surface area contributed by atoms with Crippen molar-refractivity contribution < 1.29 is 27.2 Å². The molecular weight excluding hydrogens is 412 g/mol. The largest absolute Gasteiger partial charge is 0.348 e. The molecule has 0 spiro atoms. The number of nitrogens with zero attached hydrogens (tertiary/aromatic N) is 6. The summed E-state index contributed by atoms with van der Waals surface area (Å²) in [7, 11) is 0. The molecule has 1 fully saturated rings. The Morgan fingerprint density at radius 3 is 1.57 bits per heavy atom. The Kier molecular flexibility index (Phi) is 6.31. The zero-order valence-corrected chi connectivity index (χ0v) is 15.7. The summed E-state index contributed by atoms with van der Waals surface area (Å²) in [5.74, 6) is -10.1. The molecule has 0 aliphatic heterocycles. The number of carbonyl (C=O) groups is 2. The molecule has 0 radical (unpaired) electrons. The molecule has 0 unspecified atom stereocenters. The second-order valence-electron chi connectivity index (χ2n) is 7.05. The molecule has 0 atom stereocenters. The third-order valence-electron chi connectivity index (χ3n) is 4.73. The summed E-state index contributed by atoms with van der Waals surface area (Å²) in [6.07, 6.45) is 4.13. The number of aryl methyl sites for hydroxylation is 2. The molecule has 0 aromatic carbocycles. The highest BCUT2D eigenvalue weighted by Crippen LogP contribution is 2.26. The third-order valence-corrected chi connectivity index (χ3v) is 4.73. The van der Waals surface area contributed by atoms with Crippen LogP contribution < -0.4 is 10.6 Å². The van der Waals surface area contributed by atoms with Gasteiger partial charge in [0.2, 0.25) is 0 Å². The van der Waals surface area contributed by atoms with Gasteiger partial charge in [0.15, 0.2) is 0 Å². The van der Waals surface area contributed by atoms with E-state index in [9.17, 15) is 27.2 Å². The molecule has 1 aliphatic rings. The van der Waals surface area contributed by atoms with E-state index in [2.05, 4.69) is 31.3 Å². The first-order chi connectivity index (χ1) is 14.2. The monoisotopic (exact) mass is 432 g/mol. The van der Waals surface area contributed by atoms with Crippen LogP contribution in [0.2, 0.25) is 0 Å². The van der Waals surface area contributed by atoms with E-state index in [1.54, 1.807) is 0 Å². The second kappa shape index (κ2) is 8.75. The molecule has 3 rings (SSSR count). The summed E-state index contributed by atoms with van der Waals surface area (Å²) in [6, 6.07) is -1.24. The van der Waals surface area contributed by atoms with Crippen LogP contribution in [0.4, 0.5) is 17.6 Å². The second-order valence-corrected chi connectivity index (χ2v) is 7.05. The van der Waals surface area contributed by atoms with Gasteiger partial charge in [0, 0.05) is 50.4 Å². The SMILES string of the molecule is O=C(NC1CC(NC(=O)C(F)(F)CCn2ccnn2)C1)C(F)(F)CCn1ccnn1. The quantitative estimate of drug-likeness (QED) is 0.524. The molecule has 0 bridgehead atoms. The van der Waals surface area contributed by atoms with E-state index in [-0.39, 0.29) is 25.9 Å². The van der Waals surface area contributed by atoms with Crippen LogP contribution in [-0.4, -0.2) is 65.7 Å². The number of amides is 2. The maximum Gasteiger partial charge on any atom is 0.326 e. The molecule has 2 amide bonds. The predicted octanol–water partition coefficient (Wildman–Crippen LogP) is 0.384. The number of hydrogen-bond acceptors (Lipinski definition) is 6. The first-order valence-corrected chi connectivity index (χ1v) is 9.21. The van der Waals surface area contributed by atoms with Crippen molar-refractivity contribution in [2.45, 2.75) is 62.7 Å². The van der Waals surface area contributed by atoms with E-state index in [0.29, 0.717) is 0 Å². The Morgan fingerprint density at radius 2 is 1.23 bits per heavy atom. The van der Waals surface area contributed by atoms with Crippen molar-refractivity contribution in [1.29, 1.82) is 0 Å². The maximum absolute atomic E-state index is 13.9. The van der Waals surface area contributed by atoms with Gasteiger partial charge < -0.3 is 10.6 Å². The lowest BCUT2D eigenvalue weighted by Crippen LogP contribution is -2.58. The van der Waals surface area contributed by atoms with Crippen molar-refractivity contribution in [1.82, 2.24) is 40.6 Å². The van der Waals surface area contributed by atoms with Gasteiger partial charge in [-0.05, 0) is 12.8 Å². The molecule has 1 saturated carbocycles. The van der Waals surface area contributed by atoms with Crippen molar-refractivity contribution in [3.05, 3.63) is 24.8 Å². The van der Waals surface area contributed by atoms with E-state index < -0.39 is 48.6 Å². The zero-order chi connectivity index (χ0) is 21.8. The van der Waals surface area contributed by atoms with E-state index in [4.69, 9.17) is 0 Å². The van der Waals surface area contributed by atoms with Crippen molar-refractivity contribution in [2.24, 2.45) is 0 Å². The number of nitrogens with one attached hydrogen (secondary N) is 2. The lowest BCUT2D eigenvalue weighted by Gasteiger charge is -2.37. The summed E-state index contributed by atoms with van der Waals surface area (Å²) < 4.78 is 58.1. The van der Waals surface area contributed by atoms with Crippen LogP contribution in [0.15, 0.2) is 24.8 Å². The summed E-state index contributed by atoms with van der Waals surface area (Å²) in [5.41, 5.74) is 0. The highest BCUT2D eigenvalue weighted by atomic mass is 19.3. The summed E-state index contributed by atoms with van der Waals surface area (Å²) >= 11 is 0. The molecule has 164 valence electrons. The van der Waals surface area contributed by atoms with E-state index >= 15 is 0 Å². The molecule has 30 heavy (non-hydrogen) atoms. The van der Waals surface area contributed by atoms with E-state index in [1.165, 1.54) is 34.2 Å². The number of rotatable bonds is 10. The van der Waals surface area contributed by atoms with Crippen LogP contribution in [0, 0.1) is 0 Å². The minimum atomic E-state index is -3.62. The van der Waals surface area contributed by atoms with E-state index in [1.807, 2.05) is 0 Å². The first kappa shape index (κ1) is 21.6. The van der Waals surface area contributed by atoms with Crippen LogP contribution in [-0.2, 0) is 22.7 Å². The normalized spacial score (nSPS) is 19.2. The predicted molar refractivity (Wildman–Crippen MR) is 92.3 cm³/mol. The topological polar surface area (TPSA) is 120 Å². The smallest absolute Gasteiger partial charge is 0.326 e. The molecule has 2 heterocycles. The highest BCUT2D eigenvalue weighted by Gasteiger charge is 2.44. The van der Waals surface area contributed by atoms with Gasteiger partial charge in [0.05, 0.1) is 12.4 Å². The minimum Gasteiger partial charge on any atom is -0.348 e.